The van der Waals surface area contributed by atoms with Crippen molar-refractivity contribution in [1.29, 1.82) is 0 Å². The molecule has 0 amide bonds. The smallest absolute Gasteiger partial charge is 0.222 e. The molecule has 0 saturated heterocycles. The lowest BCUT2D eigenvalue weighted by atomic mass is 10.3. The molecule has 0 aromatic carbocycles. The van der Waals surface area contributed by atoms with Crippen molar-refractivity contribution in [2.45, 2.75) is 6.54 Å². The molecule has 0 radical (unpaired) electrons. The summed E-state index contributed by atoms with van der Waals surface area (Å²) >= 11 is 1.45. The Morgan fingerprint density at radius 2 is 2.04 bits per heavy atom. The van der Waals surface area contributed by atoms with Gasteiger partial charge in [-0.2, -0.15) is 4.98 Å². The predicted octanol–water partition coefficient (Wildman–Crippen LogP) is 0.952. The lowest BCUT2D eigenvalue weighted by Crippen LogP contribution is -2.07. The molecular formula is C13H11N9S. The molecule has 0 fully saturated rings. The largest absolute Gasteiger partial charge is 0.384 e. The Kier molecular flexibility index (Phi) is 3.08. The number of pyridine rings is 1. The first-order valence-corrected chi connectivity index (χ1v) is 7.56. The standard InChI is InChI=1S/C13H11N9S/c14-8-3-1-2-7(17-8)6-22-11-9(20-21-22)10(18-13(15)19-11)12-16-4-5-23-12/h1-5H,6H2,(H2,14,17)(H2,15,18,19). The van der Waals surface area contributed by atoms with Gasteiger partial charge in [0.1, 0.15) is 16.5 Å². The van der Waals surface area contributed by atoms with Gasteiger partial charge in [-0.3, -0.25) is 0 Å². The quantitative estimate of drug-likeness (QED) is 0.568. The molecule has 0 bridgehead atoms. The molecule has 10 heteroatoms. The molecule has 4 rings (SSSR count). The van der Waals surface area contributed by atoms with Crippen LogP contribution in [0.5, 0.6) is 0 Å². The van der Waals surface area contributed by atoms with E-state index in [-0.39, 0.29) is 5.95 Å². The summed E-state index contributed by atoms with van der Waals surface area (Å²) in [7, 11) is 0. The zero-order valence-corrected chi connectivity index (χ0v) is 12.6. The van der Waals surface area contributed by atoms with Crippen molar-refractivity contribution < 1.29 is 0 Å². The summed E-state index contributed by atoms with van der Waals surface area (Å²) in [6, 6.07) is 5.42. The van der Waals surface area contributed by atoms with E-state index >= 15 is 0 Å². The fraction of sp³-hybridized carbons (Fsp3) is 0.0769. The van der Waals surface area contributed by atoms with Crippen LogP contribution in [0.4, 0.5) is 11.8 Å². The van der Waals surface area contributed by atoms with Gasteiger partial charge in [-0.05, 0) is 12.1 Å². The van der Waals surface area contributed by atoms with Crippen LogP contribution in [0.3, 0.4) is 0 Å². The predicted molar refractivity (Wildman–Crippen MR) is 86.4 cm³/mol. The Balaban J connectivity index is 1.83. The maximum Gasteiger partial charge on any atom is 0.222 e. The number of nitrogens with zero attached hydrogens (tertiary/aromatic N) is 7. The summed E-state index contributed by atoms with van der Waals surface area (Å²) in [5.74, 6) is 0.594. The third-order valence-electron chi connectivity index (χ3n) is 3.16. The van der Waals surface area contributed by atoms with E-state index in [0.717, 1.165) is 10.7 Å². The van der Waals surface area contributed by atoms with Crippen molar-refractivity contribution in [3.8, 4) is 10.7 Å². The number of nitrogens with two attached hydrogens (primary N) is 2. The lowest BCUT2D eigenvalue weighted by molar-refractivity contribution is 0.653. The van der Waals surface area contributed by atoms with E-state index in [1.54, 1.807) is 16.9 Å². The molecule has 0 saturated carbocycles. The molecule has 0 aliphatic carbocycles. The van der Waals surface area contributed by atoms with Gasteiger partial charge in [-0.1, -0.05) is 11.3 Å². The van der Waals surface area contributed by atoms with Crippen molar-refractivity contribution in [3.05, 3.63) is 35.5 Å². The second kappa shape index (κ2) is 5.25. The van der Waals surface area contributed by atoms with Crippen LogP contribution in [0, 0.1) is 0 Å². The molecule has 0 aliphatic heterocycles. The highest BCUT2D eigenvalue weighted by Crippen LogP contribution is 2.26. The van der Waals surface area contributed by atoms with Gasteiger partial charge in [-0.25, -0.2) is 19.6 Å². The number of anilines is 2. The monoisotopic (exact) mass is 325 g/mol. The van der Waals surface area contributed by atoms with Crippen LogP contribution in [0.25, 0.3) is 21.9 Å². The second-order valence-corrected chi connectivity index (χ2v) is 5.64. The van der Waals surface area contributed by atoms with Crippen LogP contribution >= 0.6 is 11.3 Å². The third-order valence-corrected chi connectivity index (χ3v) is 3.93. The minimum absolute atomic E-state index is 0.145. The van der Waals surface area contributed by atoms with Gasteiger partial charge < -0.3 is 11.5 Å². The van der Waals surface area contributed by atoms with Gasteiger partial charge in [0.25, 0.3) is 0 Å². The molecule has 4 heterocycles. The number of thiazole rings is 1. The third kappa shape index (κ3) is 2.44. The Labute approximate surface area is 134 Å². The summed E-state index contributed by atoms with van der Waals surface area (Å²) in [6.45, 7) is 0.384. The van der Waals surface area contributed by atoms with E-state index in [2.05, 4.69) is 30.2 Å². The summed E-state index contributed by atoms with van der Waals surface area (Å²) in [5.41, 5.74) is 14.0. The highest BCUT2D eigenvalue weighted by molar-refractivity contribution is 7.13. The van der Waals surface area contributed by atoms with Crippen LogP contribution in [-0.4, -0.2) is 34.9 Å². The lowest BCUT2D eigenvalue weighted by Gasteiger charge is -2.03. The molecule has 4 aromatic rings. The average Bonchev–Trinajstić information content (AvgIpc) is 3.17. The van der Waals surface area contributed by atoms with Crippen LogP contribution in [-0.2, 0) is 6.54 Å². The number of hydrogen-bond donors (Lipinski definition) is 2. The zero-order chi connectivity index (χ0) is 15.8. The van der Waals surface area contributed by atoms with Crippen molar-refractivity contribution in [2.75, 3.05) is 11.5 Å². The fourth-order valence-electron chi connectivity index (χ4n) is 2.21. The number of aromatic nitrogens is 7. The van der Waals surface area contributed by atoms with E-state index < -0.39 is 0 Å². The summed E-state index contributed by atoms with van der Waals surface area (Å²) in [5, 5.41) is 10.9. The van der Waals surface area contributed by atoms with Gasteiger partial charge in [0.15, 0.2) is 11.2 Å². The van der Waals surface area contributed by atoms with Gasteiger partial charge in [0.05, 0.1) is 12.2 Å². The van der Waals surface area contributed by atoms with Crippen molar-refractivity contribution >= 4 is 34.3 Å². The normalized spacial score (nSPS) is 11.1. The van der Waals surface area contributed by atoms with Crippen LogP contribution in [0.1, 0.15) is 5.69 Å². The van der Waals surface area contributed by atoms with Gasteiger partial charge >= 0.3 is 0 Å². The molecule has 114 valence electrons. The number of nitrogen functional groups attached to an aromatic ring is 2. The Hall–Kier alpha value is -3.14. The molecule has 23 heavy (non-hydrogen) atoms. The minimum atomic E-state index is 0.145. The van der Waals surface area contributed by atoms with Gasteiger partial charge in [0, 0.05) is 11.6 Å². The number of hydrogen-bond acceptors (Lipinski definition) is 9. The Bertz CT molecular complexity index is 976. The van der Waals surface area contributed by atoms with Crippen LogP contribution in [0.2, 0.25) is 0 Å². The summed E-state index contributed by atoms with van der Waals surface area (Å²) in [4.78, 5) is 17.0. The van der Waals surface area contributed by atoms with Crippen molar-refractivity contribution in [2.24, 2.45) is 0 Å². The SMILES string of the molecule is Nc1cccc(Cn2nnc3c(-c4nccs4)nc(N)nc32)n1. The Morgan fingerprint density at radius 3 is 2.83 bits per heavy atom. The van der Waals surface area contributed by atoms with E-state index in [4.69, 9.17) is 11.5 Å². The van der Waals surface area contributed by atoms with Crippen molar-refractivity contribution in [1.82, 2.24) is 34.9 Å². The highest BCUT2D eigenvalue weighted by Gasteiger charge is 2.17. The molecule has 0 aliphatic rings. The Morgan fingerprint density at radius 1 is 1.13 bits per heavy atom. The van der Waals surface area contributed by atoms with E-state index in [1.165, 1.54) is 11.3 Å². The molecule has 4 aromatic heterocycles. The first-order valence-electron chi connectivity index (χ1n) is 6.68. The van der Waals surface area contributed by atoms with E-state index in [1.807, 2.05) is 17.5 Å². The number of rotatable bonds is 3. The molecule has 0 unspecified atom stereocenters. The molecule has 4 N–H and O–H groups in total. The summed E-state index contributed by atoms with van der Waals surface area (Å²) < 4.78 is 1.62. The van der Waals surface area contributed by atoms with E-state index in [9.17, 15) is 0 Å². The van der Waals surface area contributed by atoms with Gasteiger partial charge in [-0.15, -0.1) is 16.4 Å². The fourth-order valence-corrected chi connectivity index (χ4v) is 2.83. The second-order valence-electron chi connectivity index (χ2n) is 4.74. The highest BCUT2D eigenvalue weighted by atomic mass is 32.1. The first-order chi connectivity index (χ1) is 11.2. The van der Waals surface area contributed by atoms with Crippen molar-refractivity contribution in [3.63, 3.8) is 0 Å². The van der Waals surface area contributed by atoms with Gasteiger partial charge in [0.2, 0.25) is 5.95 Å². The van der Waals surface area contributed by atoms with Crippen LogP contribution in [0.15, 0.2) is 29.8 Å². The number of fused-ring (bicyclic) bond motifs is 1. The first kappa shape index (κ1) is 13.5. The average molecular weight is 325 g/mol. The molecular weight excluding hydrogens is 314 g/mol. The maximum absolute atomic E-state index is 5.83. The molecule has 0 atom stereocenters. The van der Waals surface area contributed by atoms with Crippen LogP contribution < -0.4 is 11.5 Å². The summed E-state index contributed by atoms with van der Waals surface area (Å²) in [6.07, 6.45) is 1.70. The topological polar surface area (TPSA) is 134 Å². The molecule has 0 spiro atoms. The van der Waals surface area contributed by atoms with E-state index in [0.29, 0.717) is 29.2 Å². The minimum Gasteiger partial charge on any atom is -0.384 e. The maximum atomic E-state index is 5.83. The molecule has 9 nitrogen and oxygen atoms in total. The zero-order valence-electron chi connectivity index (χ0n) is 11.8.